The quantitative estimate of drug-likeness (QED) is 0.203. The van der Waals surface area contributed by atoms with E-state index in [-0.39, 0.29) is 17.9 Å². The first-order valence-corrected chi connectivity index (χ1v) is 13.8. The molecule has 0 spiro atoms. The van der Waals surface area contributed by atoms with Crippen LogP contribution in [0.4, 0.5) is 0 Å². The number of aliphatic hydroxyl groups excluding tert-OH is 1. The van der Waals surface area contributed by atoms with Crippen LogP contribution in [-0.4, -0.2) is 53.1 Å². The zero-order valence-electron chi connectivity index (χ0n) is 23.5. The number of carbonyl (C=O) groups excluding carboxylic acids is 2. The number of hydrogen-bond donors (Lipinski definition) is 1. The lowest BCUT2D eigenvalue weighted by Gasteiger charge is -2.26. The van der Waals surface area contributed by atoms with Crippen molar-refractivity contribution in [1.82, 2.24) is 9.88 Å². The number of rotatable bonds is 10. The second-order valence-electron chi connectivity index (χ2n) is 10.3. The first kappa shape index (κ1) is 28.0. The molecule has 9 heteroatoms. The Morgan fingerprint density at radius 1 is 1.05 bits per heavy atom. The summed E-state index contributed by atoms with van der Waals surface area (Å²) >= 11 is 0. The minimum Gasteiger partial charge on any atom is -0.507 e. The number of aliphatic hydroxyl groups is 1. The average molecular weight is 559 g/mol. The molecule has 1 amide bonds. The van der Waals surface area contributed by atoms with E-state index in [1.807, 2.05) is 13.0 Å². The molecule has 2 aromatic carbocycles. The zero-order chi connectivity index (χ0) is 28.9. The van der Waals surface area contributed by atoms with Gasteiger partial charge in [0.15, 0.2) is 23.0 Å². The van der Waals surface area contributed by atoms with Gasteiger partial charge in [-0.1, -0.05) is 26.0 Å². The molecule has 0 aliphatic carbocycles. The summed E-state index contributed by atoms with van der Waals surface area (Å²) in [5.41, 5.74) is 1.67. The molecule has 0 bridgehead atoms. The Bertz CT molecular complexity index is 1450. The van der Waals surface area contributed by atoms with Crippen molar-refractivity contribution in [1.29, 1.82) is 0 Å². The highest BCUT2D eigenvalue weighted by atomic mass is 16.6. The lowest BCUT2D eigenvalue weighted by molar-refractivity contribution is -0.140. The number of amides is 1. The summed E-state index contributed by atoms with van der Waals surface area (Å²) < 4.78 is 23.2. The second kappa shape index (κ2) is 12.3. The monoisotopic (exact) mass is 558 g/mol. The van der Waals surface area contributed by atoms with Crippen molar-refractivity contribution in [3.8, 4) is 23.0 Å². The van der Waals surface area contributed by atoms with E-state index in [1.54, 1.807) is 54.9 Å². The molecule has 1 aromatic heterocycles. The number of ether oxygens (including phenoxy) is 4. The van der Waals surface area contributed by atoms with Crippen LogP contribution in [-0.2, 0) is 16.1 Å². The summed E-state index contributed by atoms with van der Waals surface area (Å²) in [6, 6.07) is 13.0. The number of carbonyl (C=O) groups is 2. The molecule has 0 saturated carbocycles. The maximum absolute atomic E-state index is 13.5. The Balaban J connectivity index is 1.60. The lowest BCUT2D eigenvalue weighted by Crippen LogP contribution is -2.29. The Labute approximate surface area is 239 Å². The number of nitrogens with zero attached hydrogens (tertiary/aromatic N) is 2. The van der Waals surface area contributed by atoms with Gasteiger partial charge in [-0.3, -0.25) is 14.6 Å². The van der Waals surface area contributed by atoms with Crippen molar-refractivity contribution in [2.45, 2.75) is 39.8 Å². The van der Waals surface area contributed by atoms with Crippen LogP contribution in [0.15, 0.2) is 66.5 Å². The maximum atomic E-state index is 13.5. The van der Waals surface area contributed by atoms with Crippen molar-refractivity contribution < 1.29 is 33.6 Å². The molecule has 9 nitrogen and oxygen atoms in total. The molecule has 41 heavy (non-hydrogen) atoms. The van der Waals surface area contributed by atoms with E-state index in [2.05, 4.69) is 18.8 Å². The highest BCUT2D eigenvalue weighted by molar-refractivity contribution is 6.46. The molecular weight excluding hydrogens is 524 g/mol. The highest BCUT2D eigenvalue weighted by Crippen LogP contribution is 2.43. The van der Waals surface area contributed by atoms with E-state index < -0.39 is 17.7 Å². The van der Waals surface area contributed by atoms with E-state index in [0.29, 0.717) is 66.5 Å². The van der Waals surface area contributed by atoms with Gasteiger partial charge in [0.1, 0.15) is 19.0 Å². The number of likely N-dealkylation sites (tertiary alicyclic amines) is 1. The van der Waals surface area contributed by atoms with Gasteiger partial charge in [0.2, 0.25) is 0 Å². The van der Waals surface area contributed by atoms with Crippen LogP contribution in [0.2, 0.25) is 0 Å². The van der Waals surface area contributed by atoms with Crippen LogP contribution >= 0.6 is 0 Å². The molecule has 3 aromatic rings. The topological polar surface area (TPSA) is 107 Å². The van der Waals surface area contributed by atoms with E-state index >= 15 is 0 Å². The van der Waals surface area contributed by atoms with Crippen LogP contribution < -0.4 is 18.9 Å². The first-order valence-electron chi connectivity index (χ1n) is 13.8. The molecule has 0 unspecified atom stereocenters. The zero-order valence-corrected chi connectivity index (χ0v) is 23.5. The van der Waals surface area contributed by atoms with Gasteiger partial charge in [-0.25, -0.2) is 0 Å². The number of benzene rings is 2. The van der Waals surface area contributed by atoms with Crippen LogP contribution in [0.5, 0.6) is 23.0 Å². The van der Waals surface area contributed by atoms with Crippen molar-refractivity contribution >= 4 is 17.4 Å². The fourth-order valence-electron chi connectivity index (χ4n) is 4.91. The number of fused-ring (bicyclic) bond motifs is 1. The fourth-order valence-corrected chi connectivity index (χ4v) is 4.91. The third-order valence-electron chi connectivity index (χ3n) is 6.97. The number of aromatic nitrogens is 1. The third kappa shape index (κ3) is 5.99. The molecule has 1 saturated heterocycles. The number of hydrogen-bond acceptors (Lipinski definition) is 8. The van der Waals surface area contributed by atoms with E-state index in [4.69, 9.17) is 18.9 Å². The third-order valence-corrected chi connectivity index (χ3v) is 6.97. The Morgan fingerprint density at radius 2 is 1.85 bits per heavy atom. The molecule has 2 aliphatic rings. The number of ketones is 1. The Kier molecular flexibility index (Phi) is 8.42. The van der Waals surface area contributed by atoms with Gasteiger partial charge in [-0.2, -0.15) is 0 Å². The average Bonchev–Trinajstić information content (AvgIpc) is 3.22. The van der Waals surface area contributed by atoms with Crippen LogP contribution in [0.3, 0.4) is 0 Å². The van der Waals surface area contributed by atoms with E-state index in [9.17, 15) is 14.7 Å². The molecule has 214 valence electrons. The van der Waals surface area contributed by atoms with Gasteiger partial charge in [0, 0.05) is 24.5 Å². The van der Waals surface area contributed by atoms with Gasteiger partial charge in [0.05, 0.1) is 24.8 Å². The molecule has 5 rings (SSSR count). The Hall–Kier alpha value is -4.53. The SMILES string of the molecule is CCOc1cc([C@H]2/C(=C(\O)c3ccc4c(c3)OCCO4)C(=O)C(=O)N2Cc2cccnc2)ccc1OCCC(C)C. The smallest absolute Gasteiger partial charge is 0.295 e. The lowest BCUT2D eigenvalue weighted by atomic mass is 9.94. The van der Waals surface area contributed by atoms with Crippen molar-refractivity contribution in [3.05, 3.63) is 83.2 Å². The Morgan fingerprint density at radius 3 is 2.59 bits per heavy atom. The molecule has 1 atom stereocenters. The van der Waals surface area contributed by atoms with Crippen LogP contribution in [0.1, 0.15) is 49.9 Å². The standard InChI is InChI=1S/C32H34N2O7/c1-4-38-26-16-22(7-9-24(26)39-13-11-20(2)3)29-28(30(35)23-8-10-25-27(17-23)41-15-14-40-25)31(36)32(37)34(29)19-21-6-5-12-33-18-21/h5-10,12,16-18,20,29,35H,4,11,13-15,19H2,1-3H3/b30-28+/t29-/m0/s1. The first-order chi connectivity index (χ1) is 19.9. The van der Waals surface area contributed by atoms with Crippen molar-refractivity contribution in [2.24, 2.45) is 5.92 Å². The van der Waals surface area contributed by atoms with Gasteiger partial charge < -0.3 is 29.0 Å². The number of Topliss-reactive ketones (excluding diaryl/α,β-unsaturated/α-hetero) is 1. The summed E-state index contributed by atoms with van der Waals surface area (Å²) in [5.74, 6) is 0.785. The fraction of sp³-hybridized carbons (Fsp3) is 0.344. The van der Waals surface area contributed by atoms with Gasteiger partial charge >= 0.3 is 0 Å². The van der Waals surface area contributed by atoms with Crippen molar-refractivity contribution in [2.75, 3.05) is 26.4 Å². The molecule has 2 aliphatic heterocycles. The highest BCUT2D eigenvalue weighted by Gasteiger charge is 2.46. The van der Waals surface area contributed by atoms with Crippen LogP contribution in [0, 0.1) is 5.92 Å². The summed E-state index contributed by atoms with van der Waals surface area (Å²) in [4.78, 5) is 32.6. The maximum Gasteiger partial charge on any atom is 0.295 e. The van der Waals surface area contributed by atoms with E-state index in [1.165, 1.54) is 4.90 Å². The van der Waals surface area contributed by atoms with E-state index in [0.717, 1.165) is 12.0 Å². The summed E-state index contributed by atoms with van der Waals surface area (Å²) in [5, 5.41) is 11.5. The summed E-state index contributed by atoms with van der Waals surface area (Å²) in [6.45, 7) is 7.98. The predicted octanol–water partition coefficient (Wildman–Crippen LogP) is 5.30. The molecule has 0 radical (unpaired) electrons. The van der Waals surface area contributed by atoms with Crippen LogP contribution in [0.25, 0.3) is 5.76 Å². The normalized spacial score (nSPS) is 17.7. The minimum absolute atomic E-state index is 0.0218. The molecule has 3 heterocycles. The summed E-state index contributed by atoms with van der Waals surface area (Å²) in [6.07, 6.45) is 4.17. The van der Waals surface area contributed by atoms with Gasteiger partial charge in [0.25, 0.3) is 11.7 Å². The van der Waals surface area contributed by atoms with Gasteiger partial charge in [-0.15, -0.1) is 0 Å². The molecule has 1 fully saturated rings. The van der Waals surface area contributed by atoms with Crippen molar-refractivity contribution in [3.63, 3.8) is 0 Å². The molecular formula is C32H34N2O7. The second-order valence-corrected chi connectivity index (χ2v) is 10.3. The minimum atomic E-state index is -0.882. The summed E-state index contributed by atoms with van der Waals surface area (Å²) in [7, 11) is 0. The number of pyridine rings is 1. The predicted molar refractivity (Wildman–Crippen MR) is 152 cm³/mol. The largest absolute Gasteiger partial charge is 0.507 e. The molecule has 1 N–H and O–H groups in total. The van der Waals surface area contributed by atoms with Gasteiger partial charge in [-0.05, 0) is 66.8 Å².